The van der Waals surface area contributed by atoms with Gasteiger partial charge in [-0.2, -0.15) is 0 Å². The third kappa shape index (κ3) is 9.16. The van der Waals surface area contributed by atoms with Crippen molar-refractivity contribution in [1.82, 2.24) is 15.1 Å². The molecule has 0 unspecified atom stereocenters. The van der Waals surface area contributed by atoms with Crippen molar-refractivity contribution in [2.24, 2.45) is 4.99 Å². The van der Waals surface area contributed by atoms with Gasteiger partial charge in [0.25, 0.3) is 0 Å². The molecule has 0 bridgehead atoms. The topological polar surface area (TPSA) is 66.4 Å². The first-order chi connectivity index (χ1) is 12.2. The average molecular weight is 492 g/mol. The third-order valence-corrected chi connectivity index (χ3v) is 3.61. The molecule has 1 rings (SSSR count). The number of rotatable bonds is 6. The van der Waals surface area contributed by atoms with Crippen LogP contribution in [0.2, 0.25) is 0 Å². The molecular formula is C19H33IN4O3. The van der Waals surface area contributed by atoms with E-state index in [1.165, 1.54) is 0 Å². The fourth-order valence-electron chi connectivity index (χ4n) is 2.32. The SMILES string of the molecule is CN=C(NCCN(C)C(=O)OC(C)(C)C)N(C)Cc1ccccc1OC.I. The van der Waals surface area contributed by atoms with E-state index >= 15 is 0 Å². The Kier molecular flexibility index (Phi) is 11.1. The molecule has 8 heteroatoms. The molecule has 0 saturated heterocycles. The third-order valence-electron chi connectivity index (χ3n) is 3.61. The number of para-hydroxylation sites is 1. The molecule has 1 amide bonds. The van der Waals surface area contributed by atoms with E-state index in [2.05, 4.69) is 10.3 Å². The van der Waals surface area contributed by atoms with Crippen LogP contribution in [0.1, 0.15) is 26.3 Å². The Balaban J connectivity index is 0.00000676. The minimum absolute atomic E-state index is 0. The number of hydrogen-bond acceptors (Lipinski definition) is 4. The van der Waals surface area contributed by atoms with E-state index in [4.69, 9.17) is 9.47 Å². The molecule has 1 N–H and O–H groups in total. The molecule has 7 nitrogen and oxygen atoms in total. The fraction of sp³-hybridized carbons (Fsp3) is 0.579. The lowest BCUT2D eigenvalue weighted by atomic mass is 10.2. The van der Waals surface area contributed by atoms with Crippen LogP contribution in [-0.2, 0) is 11.3 Å². The molecular weight excluding hydrogens is 459 g/mol. The first-order valence-electron chi connectivity index (χ1n) is 8.65. The summed E-state index contributed by atoms with van der Waals surface area (Å²) in [6.07, 6.45) is -0.336. The van der Waals surface area contributed by atoms with Gasteiger partial charge >= 0.3 is 6.09 Å². The summed E-state index contributed by atoms with van der Waals surface area (Å²) in [6.45, 7) is 7.30. The largest absolute Gasteiger partial charge is 0.496 e. The number of halogens is 1. The van der Waals surface area contributed by atoms with E-state index in [1.54, 1.807) is 26.1 Å². The van der Waals surface area contributed by atoms with Gasteiger partial charge < -0.3 is 24.6 Å². The molecule has 27 heavy (non-hydrogen) atoms. The number of guanidine groups is 1. The van der Waals surface area contributed by atoms with E-state index in [0.717, 1.165) is 17.3 Å². The van der Waals surface area contributed by atoms with E-state index in [-0.39, 0.29) is 30.1 Å². The van der Waals surface area contributed by atoms with Crippen LogP contribution in [0.5, 0.6) is 5.75 Å². The van der Waals surface area contributed by atoms with Gasteiger partial charge in [0, 0.05) is 46.3 Å². The van der Waals surface area contributed by atoms with Gasteiger partial charge in [-0.05, 0) is 26.8 Å². The number of nitrogens with zero attached hydrogens (tertiary/aromatic N) is 3. The van der Waals surface area contributed by atoms with Crippen molar-refractivity contribution in [1.29, 1.82) is 0 Å². The molecule has 1 aromatic carbocycles. The lowest BCUT2D eigenvalue weighted by molar-refractivity contribution is 0.0302. The second-order valence-corrected chi connectivity index (χ2v) is 7.04. The maximum absolute atomic E-state index is 12.0. The highest BCUT2D eigenvalue weighted by molar-refractivity contribution is 14.0. The summed E-state index contributed by atoms with van der Waals surface area (Å²) in [5.74, 6) is 1.59. The molecule has 154 valence electrons. The predicted molar refractivity (Wildman–Crippen MR) is 120 cm³/mol. The zero-order valence-corrected chi connectivity index (χ0v) is 19.7. The van der Waals surface area contributed by atoms with E-state index in [1.807, 2.05) is 57.0 Å². The summed E-state index contributed by atoms with van der Waals surface area (Å²) in [5.41, 5.74) is 0.579. The smallest absolute Gasteiger partial charge is 0.410 e. The molecule has 0 radical (unpaired) electrons. The van der Waals surface area contributed by atoms with E-state index < -0.39 is 5.60 Å². The lowest BCUT2D eigenvalue weighted by Crippen LogP contribution is -2.43. The van der Waals surface area contributed by atoms with Gasteiger partial charge in [0.15, 0.2) is 5.96 Å². The van der Waals surface area contributed by atoms with Crippen LogP contribution in [0.15, 0.2) is 29.3 Å². The second kappa shape index (κ2) is 11.9. The molecule has 0 aliphatic rings. The maximum atomic E-state index is 12.0. The van der Waals surface area contributed by atoms with Crippen LogP contribution < -0.4 is 10.1 Å². The van der Waals surface area contributed by atoms with Crippen LogP contribution in [-0.4, -0.2) is 68.8 Å². The summed E-state index contributed by atoms with van der Waals surface area (Å²) in [5, 5.41) is 3.26. The van der Waals surface area contributed by atoms with Crippen molar-refractivity contribution in [3.05, 3.63) is 29.8 Å². The highest BCUT2D eigenvalue weighted by Crippen LogP contribution is 2.18. The summed E-state index contributed by atoms with van der Waals surface area (Å²) >= 11 is 0. The van der Waals surface area contributed by atoms with Crippen LogP contribution in [0.25, 0.3) is 0 Å². The number of methoxy groups -OCH3 is 1. The van der Waals surface area contributed by atoms with Gasteiger partial charge in [-0.3, -0.25) is 4.99 Å². The molecule has 0 aliphatic carbocycles. The van der Waals surface area contributed by atoms with Crippen LogP contribution in [0.3, 0.4) is 0 Å². The van der Waals surface area contributed by atoms with Gasteiger partial charge in [-0.1, -0.05) is 18.2 Å². The van der Waals surface area contributed by atoms with Crippen LogP contribution >= 0.6 is 24.0 Å². The zero-order valence-electron chi connectivity index (χ0n) is 17.4. The Morgan fingerprint density at radius 3 is 2.37 bits per heavy atom. The maximum Gasteiger partial charge on any atom is 0.410 e. The van der Waals surface area contributed by atoms with Gasteiger partial charge in [0.05, 0.1) is 7.11 Å². The van der Waals surface area contributed by atoms with E-state index in [0.29, 0.717) is 19.6 Å². The van der Waals surface area contributed by atoms with E-state index in [9.17, 15) is 4.79 Å². The number of amides is 1. The van der Waals surface area contributed by atoms with Gasteiger partial charge in [-0.25, -0.2) is 4.79 Å². The van der Waals surface area contributed by atoms with Crippen molar-refractivity contribution in [2.75, 3.05) is 41.3 Å². The average Bonchev–Trinajstić information content (AvgIpc) is 2.57. The van der Waals surface area contributed by atoms with Crippen molar-refractivity contribution in [3.63, 3.8) is 0 Å². The summed E-state index contributed by atoms with van der Waals surface area (Å²) < 4.78 is 10.7. The minimum atomic E-state index is -0.496. The number of benzene rings is 1. The van der Waals surface area contributed by atoms with Gasteiger partial charge in [0.1, 0.15) is 11.4 Å². The number of carbonyl (C=O) groups is 1. The second-order valence-electron chi connectivity index (χ2n) is 7.04. The molecule has 0 heterocycles. The summed E-state index contributed by atoms with van der Waals surface area (Å²) in [4.78, 5) is 19.8. The Morgan fingerprint density at radius 2 is 1.81 bits per heavy atom. The molecule has 0 fully saturated rings. The van der Waals surface area contributed by atoms with Gasteiger partial charge in [-0.15, -0.1) is 24.0 Å². The Labute approximate surface area is 180 Å². The highest BCUT2D eigenvalue weighted by Gasteiger charge is 2.19. The van der Waals surface area contributed by atoms with Crippen LogP contribution in [0.4, 0.5) is 4.79 Å². The number of hydrogen-bond donors (Lipinski definition) is 1. The predicted octanol–water partition coefficient (Wildman–Crippen LogP) is 3.19. The number of carbonyl (C=O) groups excluding carboxylic acids is 1. The molecule has 0 saturated carbocycles. The van der Waals surface area contributed by atoms with Crippen molar-refractivity contribution in [3.8, 4) is 5.75 Å². The Morgan fingerprint density at radius 1 is 1.19 bits per heavy atom. The minimum Gasteiger partial charge on any atom is -0.496 e. The zero-order chi connectivity index (χ0) is 19.7. The van der Waals surface area contributed by atoms with Gasteiger partial charge in [0.2, 0.25) is 0 Å². The molecule has 1 aromatic rings. The molecule has 0 aliphatic heterocycles. The Bertz CT molecular complexity index is 617. The van der Waals surface area contributed by atoms with Crippen LogP contribution in [0, 0.1) is 0 Å². The fourth-order valence-corrected chi connectivity index (χ4v) is 2.32. The monoisotopic (exact) mass is 492 g/mol. The van der Waals surface area contributed by atoms with Crippen molar-refractivity contribution < 1.29 is 14.3 Å². The molecule has 0 atom stereocenters. The van der Waals surface area contributed by atoms with Crippen molar-refractivity contribution >= 4 is 36.0 Å². The molecule has 0 spiro atoms. The van der Waals surface area contributed by atoms with Crippen molar-refractivity contribution in [2.45, 2.75) is 32.9 Å². The summed E-state index contributed by atoms with van der Waals surface area (Å²) in [6, 6.07) is 7.90. The highest BCUT2D eigenvalue weighted by atomic mass is 127. The normalized spacial score (nSPS) is 11.3. The first kappa shape index (κ1) is 25.3. The quantitative estimate of drug-likeness (QED) is 0.376. The first-order valence-corrected chi connectivity index (χ1v) is 8.65. The summed E-state index contributed by atoms with van der Waals surface area (Å²) in [7, 11) is 7.08. The standard InChI is InChI=1S/C19H32N4O3.HI/c1-19(2,3)26-18(24)22(5)13-12-21-17(20-4)23(6)14-15-10-8-9-11-16(15)25-7;/h8-11H,12-14H2,1-7H3,(H,20,21);1H. The lowest BCUT2D eigenvalue weighted by Gasteiger charge is -2.26. The number of nitrogens with one attached hydrogen (secondary N) is 1. The molecule has 0 aromatic heterocycles. The number of ether oxygens (including phenoxy) is 2. The number of aliphatic imine (C=N–C) groups is 1. The Hall–Kier alpha value is -1.71. The number of likely N-dealkylation sites (N-methyl/N-ethyl adjacent to an activating group) is 1.